The van der Waals surface area contributed by atoms with Gasteiger partial charge >= 0.3 is 0 Å². The molecule has 0 saturated heterocycles. The van der Waals surface area contributed by atoms with Crippen molar-refractivity contribution in [2.24, 2.45) is 0 Å². The standard InChI is InChI=1S/C23H19FO3S2/c1-27-21-6-3-2-5-17(21)9-11-18-10-8-16-12-13-19(24)15-20(16)23(18)29(25,26)22-7-4-14-28-22/h2-8,10,12-15H,9,11H2,1H3. The number of thiophene rings is 1. The van der Waals surface area contributed by atoms with Gasteiger partial charge in [0, 0.05) is 5.39 Å². The van der Waals surface area contributed by atoms with Gasteiger partial charge in [-0.3, -0.25) is 0 Å². The average Bonchev–Trinajstić information content (AvgIpc) is 3.27. The highest BCUT2D eigenvalue weighted by Crippen LogP contribution is 2.35. The number of ether oxygens (including phenoxy) is 1. The van der Waals surface area contributed by atoms with Crippen molar-refractivity contribution >= 4 is 31.9 Å². The first-order chi connectivity index (χ1) is 14.0. The summed E-state index contributed by atoms with van der Waals surface area (Å²) in [6, 6.07) is 18.9. The predicted octanol–water partition coefficient (Wildman–Crippen LogP) is 5.67. The van der Waals surface area contributed by atoms with Crippen molar-refractivity contribution in [3.63, 3.8) is 0 Å². The van der Waals surface area contributed by atoms with Crippen molar-refractivity contribution in [2.75, 3.05) is 7.11 Å². The summed E-state index contributed by atoms with van der Waals surface area (Å²) in [5, 5.41) is 2.84. The third kappa shape index (κ3) is 3.78. The lowest BCUT2D eigenvalue weighted by atomic mass is 10.0. The molecule has 0 spiro atoms. The quantitative estimate of drug-likeness (QED) is 0.399. The normalized spacial score (nSPS) is 11.7. The number of fused-ring (bicyclic) bond motifs is 1. The van der Waals surface area contributed by atoms with E-state index in [0.29, 0.717) is 29.2 Å². The molecule has 29 heavy (non-hydrogen) atoms. The van der Waals surface area contributed by atoms with Crippen LogP contribution in [0, 0.1) is 5.82 Å². The summed E-state index contributed by atoms with van der Waals surface area (Å²) in [4.78, 5) is 0.187. The van der Waals surface area contributed by atoms with E-state index in [4.69, 9.17) is 4.74 Å². The van der Waals surface area contributed by atoms with Gasteiger partial charge < -0.3 is 4.74 Å². The number of para-hydroxylation sites is 1. The topological polar surface area (TPSA) is 43.4 Å². The minimum absolute atomic E-state index is 0.187. The molecule has 0 aliphatic rings. The van der Waals surface area contributed by atoms with Crippen LogP contribution in [-0.2, 0) is 22.7 Å². The zero-order valence-corrected chi connectivity index (χ0v) is 17.4. The number of sulfone groups is 1. The van der Waals surface area contributed by atoms with Gasteiger partial charge in [0.2, 0.25) is 9.84 Å². The van der Waals surface area contributed by atoms with Crippen molar-refractivity contribution < 1.29 is 17.5 Å². The molecule has 0 N–H and O–H groups in total. The first kappa shape index (κ1) is 19.6. The van der Waals surface area contributed by atoms with Gasteiger partial charge in [-0.15, -0.1) is 11.3 Å². The van der Waals surface area contributed by atoms with E-state index in [9.17, 15) is 12.8 Å². The van der Waals surface area contributed by atoms with Gasteiger partial charge in [-0.05, 0) is 59.0 Å². The minimum Gasteiger partial charge on any atom is -0.496 e. The van der Waals surface area contributed by atoms with Crippen LogP contribution in [0.15, 0.2) is 81.2 Å². The van der Waals surface area contributed by atoms with Crippen LogP contribution < -0.4 is 4.74 Å². The summed E-state index contributed by atoms with van der Waals surface area (Å²) in [5.41, 5.74) is 1.66. The Kier molecular flexibility index (Phi) is 5.39. The van der Waals surface area contributed by atoms with E-state index in [-0.39, 0.29) is 9.10 Å². The van der Waals surface area contributed by atoms with Crippen LogP contribution in [0.5, 0.6) is 5.75 Å². The summed E-state index contributed by atoms with van der Waals surface area (Å²) >= 11 is 1.16. The Morgan fingerprint density at radius 2 is 1.69 bits per heavy atom. The molecular formula is C23H19FO3S2. The Bertz CT molecular complexity index is 1260. The van der Waals surface area contributed by atoms with E-state index in [1.54, 1.807) is 30.7 Å². The van der Waals surface area contributed by atoms with Crippen LogP contribution in [-0.4, -0.2) is 15.5 Å². The van der Waals surface area contributed by atoms with Crippen LogP contribution in [0.25, 0.3) is 10.8 Å². The molecule has 4 rings (SSSR count). The molecule has 4 aromatic rings. The van der Waals surface area contributed by atoms with E-state index >= 15 is 0 Å². The first-order valence-corrected chi connectivity index (χ1v) is 11.5. The fraction of sp³-hybridized carbons (Fsp3) is 0.130. The molecule has 6 heteroatoms. The number of aryl methyl sites for hydroxylation is 2. The minimum atomic E-state index is -3.77. The lowest BCUT2D eigenvalue weighted by molar-refractivity contribution is 0.409. The molecule has 0 amide bonds. The maximum Gasteiger partial charge on any atom is 0.216 e. The van der Waals surface area contributed by atoms with E-state index in [0.717, 1.165) is 22.6 Å². The van der Waals surface area contributed by atoms with Crippen molar-refractivity contribution in [2.45, 2.75) is 21.9 Å². The molecule has 0 radical (unpaired) electrons. The SMILES string of the molecule is COc1ccccc1CCc1ccc2ccc(F)cc2c1S(=O)(=O)c1cccs1. The number of benzene rings is 3. The maximum atomic E-state index is 14.0. The molecule has 148 valence electrons. The highest BCUT2D eigenvalue weighted by molar-refractivity contribution is 7.93. The molecule has 3 nitrogen and oxygen atoms in total. The highest BCUT2D eigenvalue weighted by atomic mass is 32.2. The van der Waals surface area contributed by atoms with Gasteiger partial charge in [0.1, 0.15) is 15.8 Å². The maximum absolute atomic E-state index is 14.0. The lowest BCUT2D eigenvalue weighted by Crippen LogP contribution is -2.07. The Morgan fingerprint density at radius 1 is 0.931 bits per heavy atom. The van der Waals surface area contributed by atoms with E-state index in [1.807, 2.05) is 36.4 Å². The predicted molar refractivity (Wildman–Crippen MR) is 114 cm³/mol. The molecule has 0 bridgehead atoms. The van der Waals surface area contributed by atoms with Crippen LogP contribution in [0.2, 0.25) is 0 Å². The molecule has 0 fully saturated rings. The van der Waals surface area contributed by atoms with Crippen LogP contribution in [0.4, 0.5) is 4.39 Å². The van der Waals surface area contributed by atoms with Gasteiger partial charge in [0.05, 0.1) is 12.0 Å². The van der Waals surface area contributed by atoms with Crippen molar-refractivity contribution in [1.29, 1.82) is 0 Å². The lowest BCUT2D eigenvalue weighted by Gasteiger charge is -2.14. The molecule has 1 heterocycles. The van der Waals surface area contributed by atoms with Gasteiger partial charge in [0.15, 0.2) is 0 Å². The second kappa shape index (κ2) is 7.97. The Hall–Kier alpha value is -2.70. The number of hydrogen-bond acceptors (Lipinski definition) is 4. The zero-order valence-electron chi connectivity index (χ0n) is 15.8. The first-order valence-electron chi connectivity index (χ1n) is 9.12. The number of methoxy groups -OCH3 is 1. The van der Waals surface area contributed by atoms with Gasteiger partial charge in [-0.1, -0.05) is 42.5 Å². The van der Waals surface area contributed by atoms with Crippen LogP contribution in [0.1, 0.15) is 11.1 Å². The molecule has 0 saturated carbocycles. The number of halogens is 1. The summed E-state index contributed by atoms with van der Waals surface area (Å²) in [6.45, 7) is 0. The molecule has 0 unspecified atom stereocenters. The Morgan fingerprint density at radius 3 is 2.45 bits per heavy atom. The van der Waals surface area contributed by atoms with Crippen LogP contribution in [0.3, 0.4) is 0 Å². The fourth-order valence-electron chi connectivity index (χ4n) is 3.52. The summed E-state index contributed by atoms with van der Waals surface area (Å²) in [6.07, 6.45) is 1.10. The van der Waals surface area contributed by atoms with Gasteiger partial charge in [-0.2, -0.15) is 0 Å². The molecule has 0 atom stereocenters. The van der Waals surface area contributed by atoms with Gasteiger partial charge in [0.25, 0.3) is 0 Å². The van der Waals surface area contributed by atoms with Gasteiger partial charge in [-0.25, -0.2) is 12.8 Å². The molecule has 3 aromatic carbocycles. The Balaban J connectivity index is 1.86. The fourth-order valence-corrected chi connectivity index (χ4v) is 6.33. The van der Waals surface area contributed by atoms with Crippen LogP contribution >= 0.6 is 11.3 Å². The summed E-state index contributed by atoms with van der Waals surface area (Å²) in [7, 11) is -2.15. The summed E-state index contributed by atoms with van der Waals surface area (Å²) < 4.78 is 46.6. The third-order valence-electron chi connectivity index (χ3n) is 4.90. The second-order valence-electron chi connectivity index (χ2n) is 6.67. The monoisotopic (exact) mass is 426 g/mol. The number of rotatable bonds is 6. The van der Waals surface area contributed by atoms with Crippen molar-refractivity contribution in [3.8, 4) is 5.75 Å². The smallest absolute Gasteiger partial charge is 0.216 e. The highest BCUT2D eigenvalue weighted by Gasteiger charge is 2.25. The van der Waals surface area contributed by atoms with Crippen molar-refractivity contribution in [1.82, 2.24) is 0 Å². The molecule has 0 aliphatic carbocycles. The summed E-state index contributed by atoms with van der Waals surface area (Å²) in [5.74, 6) is 0.309. The molecule has 1 aromatic heterocycles. The van der Waals surface area contributed by atoms with E-state index in [1.165, 1.54) is 12.1 Å². The zero-order chi connectivity index (χ0) is 20.4. The number of hydrogen-bond donors (Lipinski definition) is 0. The largest absolute Gasteiger partial charge is 0.496 e. The van der Waals surface area contributed by atoms with E-state index < -0.39 is 15.7 Å². The van der Waals surface area contributed by atoms with E-state index in [2.05, 4.69) is 0 Å². The Labute approximate surface area is 173 Å². The molecule has 0 aliphatic heterocycles. The third-order valence-corrected chi connectivity index (χ3v) is 8.19. The second-order valence-corrected chi connectivity index (χ2v) is 9.73. The molecular weight excluding hydrogens is 407 g/mol. The average molecular weight is 427 g/mol. The van der Waals surface area contributed by atoms with Crippen molar-refractivity contribution in [3.05, 3.63) is 89.1 Å².